The van der Waals surface area contributed by atoms with Gasteiger partial charge in [-0.2, -0.15) is 5.10 Å². The summed E-state index contributed by atoms with van der Waals surface area (Å²) >= 11 is 2.26. The highest BCUT2D eigenvalue weighted by atomic mass is 127. The number of aryl methyl sites for hydroxylation is 2. The number of hydrogen-bond donors (Lipinski definition) is 1. The van der Waals surface area contributed by atoms with Crippen molar-refractivity contribution >= 4 is 28.4 Å². The van der Waals surface area contributed by atoms with Crippen LogP contribution in [0.2, 0.25) is 0 Å². The fraction of sp³-hybridized carbons (Fsp3) is 0.750. The second-order valence-electron chi connectivity index (χ2n) is 4.28. The second-order valence-corrected chi connectivity index (χ2v) is 5.35. The molecule has 0 bridgehead atoms. The van der Waals surface area contributed by atoms with Crippen molar-refractivity contribution in [1.29, 1.82) is 0 Å². The van der Waals surface area contributed by atoms with Gasteiger partial charge in [0, 0.05) is 6.54 Å². The number of nitrogens with two attached hydrogens (primary N) is 1. The van der Waals surface area contributed by atoms with Gasteiger partial charge in [-0.05, 0) is 35.9 Å². The highest BCUT2D eigenvalue weighted by Crippen LogP contribution is 2.19. The van der Waals surface area contributed by atoms with Crippen molar-refractivity contribution in [3.63, 3.8) is 0 Å². The molecule has 3 nitrogen and oxygen atoms in total. The van der Waals surface area contributed by atoms with Gasteiger partial charge in [0.2, 0.25) is 0 Å². The monoisotopic (exact) mass is 335 g/mol. The summed E-state index contributed by atoms with van der Waals surface area (Å²) in [5.74, 6) is 0.826. The number of rotatable bonds is 7. The number of hydrogen-bond acceptors (Lipinski definition) is 2. The third kappa shape index (κ3) is 3.96. The van der Waals surface area contributed by atoms with Gasteiger partial charge in [0.05, 0.1) is 9.26 Å². The largest absolute Gasteiger partial charge is 0.383 e. The molecular formula is C12H22IN3. The van der Waals surface area contributed by atoms with Crippen LogP contribution in [-0.4, -0.2) is 9.78 Å². The molecule has 0 spiro atoms. The molecule has 0 saturated heterocycles. The van der Waals surface area contributed by atoms with Gasteiger partial charge in [0.1, 0.15) is 5.82 Å². The van der Waals surface area contributed by atoms with E-state index in [1.165, 1.54) is 38.5 Å². The number of unbranched alkanes of at least 4 members (excludes halogenated alkanes) is 5. The Morgan fingerprint density at radius 1 is 1.19 bits per heavy atom. The Labute approximate surface area is 112 Å². The predicted octanol–water partition coefficient (Wildman–Crippen LogP) is 3.74. The summed E-state index contributed by atoms with van der Waals surface area (Å²) in [4.78, 5) is 0. The zero-order valence-corrected chi connectivity index (χ0v) is 12.5. The third-order valence-corrected chi connectivity index (χ3v) is 4.15. The first kappa shape index (κ1) is 13.8. The van der Waals surface area contributed by atoms with Crippen LogP contribution in [-0.2, 0) is 6.54 Å². The van der Waals surface area contributed by atoms with E-state index in [1.807, 2.05) is 11.6 Å². The van der Waals surface area contributed by atoms with E-state index >= 15 is 0 Å². The van der Waals surface area contributed by atoms with Gasteiger partial charge < -0.3 is 5.73 Å². The first-order valence-electron chi connectivity index (χ1n) is 6.15. The van der Waals surface area contributed by atoms with Crippen molar-refractivity contribution in [3.8, 4) is 0 Å². The molecule has 0 fully saturated rings. The Morgan fingerprint density at radius 2 is 1.81 bits per heavy atom. The van der Waals surface area contributed by atoms with Crippen LogP contribution in [0, 0.1) is 10.5 Å². The molecule has 1 aromatic heterocycles. The number of halogens is 1. The molecule has 0 radical (unpaired) electrons. The fourth-order valence-electron chi connectivity index (χ4n) is 1.79. The lowest BCUT2D eigenvalue weighted by atomic mass is 10.1. The lowest BCUT2D eigenvalue weighted by Gasteiger charge is -2.04. The summed E-state index contributed by atoms with van der Waals surface area (Å²) in [7, 11) is 0. The van der Waals surface area contributed by atoms with Crippen LogP contribution in [0.1, 0.15) is 51.1 Å². The first-order valence-corrected chi connectivity index (χ1v) is 7.23. The van der Waals surface area contributed by atoms with Gasteiger partial charge in [-0.15, -0.1) is 0 Å². The molecule has 16 heavy (non-hydrogen) atoms. The number of nitrogen functional groups attached to an aromatic ring is 1. The SMILES string of the molecule is CCCCCCCCn1nc(C)c(I)c1N. The lowest BCUT2D eigenvalue weighted by Crippen LogP contribution is -2.05. The van der Waals surface area contributed by atoms with Gasteiger partial charge >= 0.3 is 0 Å². The zero-order chi connectivity index (χ0) is 12.0. The summed E-state index contributed by atoms with van der Waals surface area (Å²) < 4.78 is 3.04. The van der Waals surface area contributed by atoms with Crippen molar-refractivity contribution in [3.05, 3.63) is 9.26 Å². The molecule has 1 rings (SSSR count). The quantitative estimate of drug-likeness (QED) is 0.609. The van der Waals surface area contributed by atoms with Gasteiger partial charge in [0.15, 0.2) is 0 Å². The molecule has 0 atom stereocenters. The molecule has 0 amide bonds. The van der Waals surface area contributed by atoms with E-state index in [0.717, 1.165) is 21.6 Å². The zero-order valence-electron chi connectivity index (χ0n) is 10.3. The van der Waals surface area contributed by atoms with Crippen molar-refractivity contribution in [2.75, 3.05) is 5.73 Å². The number of anilines is 1. The summed E-state index contributed by atoms with van der Waals surface area (Å²) in [5.41, 5.74) is 7.00. The Balaban J connectivity index is 2.24. The molecule has 0 unspecified atom stereocenters. The maximum Gasteiger partial charge on any atom is 0.135 e. The van der Waals surface area contributed by atoms with E-state index in [0.29, 0.717) is 0 Å². The molecule has 92 valence electrons. The summed E-state index contributed by atoms with van der Waals surface area (Å²) in [6.07, 6.45) is 7.84. The summed E-state index contributed by atoms with van der Waals surface area (Å²) in [6, 6.07) is 0. The molecule has 0 aromatic carbocycles. The lowest BCUT2D eigenvalue weighted by molar-refractivity contribution is 0.530. The van der Waals surface area contributed by atoms with Crippen molar-refractivity contribution in [2.24, 2.45) is 0 Å². The van der Waals surface area contributed by atoms with Crippen LogP contribution in [0.25, 0.3) is 0 Å². The smallest absolute Gasteiger partial charge is 0.135 e. The maximum absolute atomic E-state index is 5.96. The first-order chi connectivity index (χ1) is 7.66. The van der Waals surface area contributed by atoms with E-state index < -0.39 is 0 Å². The fourth-order valence-corrected chi connectivity index (χ4v) is 2.18. The van der Waals surface area contributed by atoms with Crippen molar-refractivity contribution < 1.29 is 0 Å². The summed E-state index contributed by atoms with van der Waals surface area (Å²) in [6.45, 7) is 5.22. The Morgan fingerprint density at radius 3 is 2.38 bits per heavy atom. The summed E-state index contributed by atoms with van der Waals surface area (Å²) in [5, 5.41) is 4.43. The minimum atomic E-state index is 0.826. The normalized spacial score (nSPS) is 10.9. The minimum absolute atomic E-state index is 0.826. The molecule has 0 aliphatic carbocycles. The van der Waals surface area contributed by atoms with Crippen LogP contribution >= 0.6 is 22.6 Å². The Hall–Kier alpha value is -0.260. The van der Waals surface area contributed by atoms with E-state index in [9.17, 15) is 0 Å². The molecule has 1 heterocycles. The van der Waals surface area contributed by atoms with Crippen LogP contribution in [0.15, 0.2) is 0 Å². The van der Waals surface area contributed by atoms with Gasteiger partial charge in [-0.25, -0.2) is 4.68 Å². The Kier molecular flexibility index (Phi) is 6.16. The topological polar surface area (TPSA) is 43.8 Å². The molecule has 0 aliphatic rings. The number of aromatic nitrogens is 2. The maximum atomic E-state index is 5.96. The van der Waals surface area contributed by atoms with Gasteiger partial charge in [0.25, 0.3) is 0 Å². The Bertz CT molecular complexity index is 320. The van der Waals surface area contributed by atoms with E-state index in [4.69, 9.17) is 5.73 Å². The van der Waals surface area contributed by atoms with Crippen LogP contribution in [0.4, 0.5) is 5.82 Å². The predicted molar refractivity (Wildman–Crippen MR) is 77.5 cm³/mol. The van der Waals surface area contributed by atoms with Gasteiger partial charge in [-0.1, -0.05) is 39.0 Å². The average molecular weight is 335 g/mol. The molecule has 0 saturated carbocycles. The highest BCUT2D eigenvalue weighted by molar-refractivity contribution is 14.1. The molecule has 0 aliphatic heterocycles. The van der Waals surface area contributed by atoms with Gasteiger partial charge in [-0.3, -0.25) is 0 Å². The van der Waals surface area contributed by atoms with E-state index in [-0.39, 0.29) is 0 Å². The highest BCUT2D eigenvalue weighted by Gasteiger charge is 2.08. The number of nitrogens with zero attached hydrogens (tertiary/aromatic N) is 2. The van der Waals surface area contributed by atoms with Crippen LogP contribution in [0.5, 0.6) is 0 Å². The van der Waals surface area contributed by atoms with Crippen LogP contribution in [0.3, 0.4) is 0 Å². The molecular weight excluding hydrogens is 313 g/mol. The van der Waals surface area contributed by atoms with Crippen molar-refractivity contribution in [1.82, 2.24) is 9.78 Å². The molecule has 4 heteroatoms. The van der Waals surface area contributed by atoms with Crippen molar-refractivity contribution in [2.45, 2.75) is 58.9 Å². The van der Waals surface area contributed by atoms with E-state index in [2.05, 4.69) is 34.6 Å². The molecule has 1 aromatic rings. The average Bonchev–Trinajstić information content (AvgIpc) is 2.51. The second kappa shape index (κ2) is 7.14. The van der Waals surface area contributed by atoms with E-state index in [1.54, 1.807) is 0 Å². The molecule has 2 N–H and O–H groups in total. The van der Waals surface area contributed by atoms with Crippen LogP contribution < -0.4 is 5.73 Å². The standard InChI is InChI=1S/C12H22IN3/c1-3-4-5-6-7-8-9-16-12(14)11(13)10(2)15-16/h3-9,14H2,1-2H3. The third-order valence-electron chi connectivity index (χ3n) is 2.81. The minimum Gasteiger partial charge on any atom is -0.383 e.